The molecule has 2 aliphatic rings. The Morgan fingerprint density at radius 1 is 1.23 bits per heavy atom. The van der Waals surface area contributed by atoms with Crippen molar-refractivity contribution in [3.8, 4) is 5.75 Å². The summed E-state index contributed by atoms with van der Waals surface area (Å²) in [6, 6.07) is 6.42. The number of ether oxygens (including phenoxy) is 3. The minimum atomic E-state index is -0.477. The zero-order chi connectivity index (χ0) is 22.3. The summed E-state index contributed by atoms with van der Waals surface area (Å²) in [5.41, 5.74) is 1.95. The average molecular weight is 452 g/mol. The van der Waals surface area contributed by atoms with Crippen LogP contribution in [-0.2, 0) is 15.9 Å². The number of amides is 1. The summed E-state index contributed by atoms with van der Waals surface area (Å²) in [4.78, 5) is 14.0. The smallest absolute Gasteiger partial charge is 0.407 e. The first-order valence-corrected chi connectivity index (χ1v) is 12.4. The highest BCUT2D eigenvalue weighted by Crippen LogP contribution is 2.40. The fourth-order valence-electron chi connectivity index (χ4n) is 4.07. The highest BCUT2D eigenvalue weighted by Gasteiger charge is 2.39. The first-order chi connectivity index (χ1) is 14.8. The number of piperidine rings is 1. The maximum Gasteiger partial charge on any atom is 0.407 e. The van der Waals surface area contributed by atoms with Crippen LogP contribution in [0.15, 0.2) is 18.2 Å². The third kappa shape index (κ3) is 7.47. The summed E-state index contributed by atoms with van der Waals surface area (Å²) in [5, 5.41) is 2.71. The van der Waals surface area contributed by atoms with Crippen LogP contribution in [0.3, 0.4) is 0 Å². The molecule has 0 bridgehead atoms. The van der Waals surface area contributed by atoms with Crippen LogP contribution in [0.4, 0.5) is 10.5 Å². The summed E-state index contributed by atoms with van der Waals surface area (Å²) in [6.07, 6.45) is 5.90. The first-order valence-electron chi connectivity index (χ1n) is 11.2. The second-order valence-electron chi connectivity index (χ2n) is 9.30. The van der Waals surface area contributed by atoms with E-state index in [-0.39, 0.29) is 5.60 Å². The standard InChI is InChI=1S/C23H37N3O4S/c1-22(2,3)30-21(27)24-11-15-28-16-14-26-12-9-23(10-13-26)8-7-18-17-19(25-31-4)5-6-20(18)29-23/h5-6,17,25H,7-16H2,1-4H3,(H,24,27). The van der Waals surface area contributed by atoms with Crippen LogP contribution in [0.2, 0.25) is 0 Å². The Labute approximate surface area is 190 Å². The number of carbonyl (C=O) groups excluding carboxylic acids is 1. The predicted octanol–water partition coefficient (Wildman–Crippen LogP) is 4.08. The predicted molar refractivity (Wildman–Crippen MR) is 126 cm³/mol. The van der Waals surface area contributed by atoms with Gasteiger partial charge in [0, 0.05) is 38.1 Å². The highest BCUT2D eigenvalue weighted by atomic mass is 32.2. The van der Waals surface area contributed by atoms with Crippen LogP contribution in [0.5, 0.6) is 5.75 Å². The molecular formula is C23H37N3O4S. The third-order valence-corrected chi connectivity index (χ3v) is 6.13. The number of benzene rings is 1. The Morgan fingerprint density at radius 2 is 2.00 bits per heavy atom. The molecule has 0 aromatic heterocycles. The SMILES string of the molecule is CSNc1ccc2c(c1)CCC1(CCN(CCOCCNC(=O)OC(C)(C)C)CC1)O2. The van der Waals surface area contributed by atoms with Crippen LogP contribution in [0.1, 0.15) is 45.6 Å². The number of nitrogens with zero attached hydrogens (tertiary/aromatic N) is 1. The number of nitrogens with one attached hydrogen (secondary N) is 2. The maximum atomic E-state index is 11.6. The molecule has 1 spiro atoms. The van der Waals surface area contributed by atoms with Crippen molar-refractivity contribution in [2.24, 2.45) is 0 Å². The Bertz CT molecular complexity index is 730. The van der Waals surface area contributed by atoms with Crippen molar-refractivity contribution in [2.45, 2.75) is 57.7 Å². The lowest BCUT2D eigenvalue weighted by atomic mass is 9.83. The molecule has 2 N–H and O–H groups in total. The van der Waals surface area contributed by atoms with E-state index in [4.69, 9.17) is 14.2 Å². The van der Waals surface area contributed by atoms with E-state index in [2.05, 4.69) is 33.1 Å². The number of alkyl carbamates (subject to hydrolysis) is 1. The summed E-state index contributed by atoms with van der Waals surface area (Å²) < 4.78 is 20.7. The zero-order valence-electron chi connectivity index (χ0n) is 19.3. The van der Waals surface area contributed by atoms with E-state index in [1.54, 1.807) is 11.9 Å². The number of anilines is 1. The van der Waals surface area contributed by atoms with Gasteiger partial charge < -0.3 is 29.1 Å². The minimum absolute atomic E-state index is 0.0177. The van der Waals surface area contributed by atoms with Crippen molar-refractivity contribution in [1.82, 2.24) is 10.2 Å². The Hall–Kier alpha value is -1.64. The first kappa shape index (κ1) is 24.0. The van der Waals surface area contributed by atoms with Crippen molar-refractivity contribution < 1.29 is 19.0 Å². The number of hydrogen-bond acceptors (Lipinski definition) is 7. The molecule has 174 valence electrons. The molecule has 1 saturated heterocycles. The molecular weight excluding hydrogens is 414 g/mol. The van der Waals surface area contributed by atoms with Gasteiger partial charge in [-0.3, -0.25) is 0 Å². The summed E-state index contributed by atoms with van der Waals surface area (Å²) in [6.45, 7) is 10.1. The quantitative estimate of drug-likeness (QED) is 0.456. The monoisotopic (exact) mass is 451 g/mol. The van der Waals surface area contributed by atoms with Crippen LogP contribution < -0.4 is 14.8 Å². The van der Waals surface area contributed by atoms with Gasteiger partial charge in [-0.15, -0.1) is 0 Å². The molecule has 1 aromatic carbocycles. The zero-order valence-corrected chi connectivity index (χ0v) is 20.1. The van der Waals surface area contributed by atoms with Crippen LogP contribution in [0.25, 0.3) is 0 Å². The van der Waals surface area contributed by atoms with Crippen LogP contribution >= 0.6 is 11.9 Å². The van der Waals surface area contributed by atoms with Crippen molar-refractivity contribution in [2.75, 3.05) is 50.4 Å². The number of likely N-dealkylation sites (tertiary alicyclic amines) is 1. The van der Waals surface area contributed by atoms with Crippen molar-refractivity contribution in [3.63, 3.8) is 0 Å². The number of carbonyl (C=O) groups is 1. The van der Waals surface area contributed by atoms with Crippen LogP contribution in [0, 0.1) is 0 Å². The van der Waals surface area contributed by atoms with Gasteiger partial charge in [0.25, 0.3) is 0 Å². The molecule has 1 amide bonds. The van der Waals surface area contributed by atoms with Crippen molar-refractivity contribution >= 4 is 23.7 Å². The molecule has 31 heavy (non-hydrogen) atoms. The van der Waals surface area contributed by atoms with Gasteiger partial charge in [-0.05, 0) is 70.2 Å². The summed E-state index contributed by atoms with van der Waals surface area (Å²) in [7, 11) is 0. The molecule has 0 saturated carbocycles. The topological polar surface area (TPSA) is 72.1 Å². The van der Waals surface area contributed by atoms with Gasteiger partial charge >= 0.3 is 6.09 Å². The van der Waals surface area contributed by atoms with Gasteiger partial charge in [-0.2, -0.15) is 0 Å². The third-order valence-electron chi connectivity index (χ3n) is 5.69. The lowest BCUT2D eigenvalue weighted by molar-refractivity contribution is -0.0202. The normalized spacial score (nSPS) is 18.2. The number of rotatable bonds is 8. The van der Waals surface area contributed by atoms with Gasteiger partial charge in [-0.1, -0.05) is 11.9 Å². The van der Waals surface area contributed by atoms with Gasteiger partial charge in [-0.25, -0.2) is 4.79 Å². The van der Waals surface area contributed by atoms with Gasteiger partial charge in [0.05, 0.1) is 13.2 Å². The fraction of sp³-hybridized carbons (Fsp3) is 0.696. The maximum absolute atomic E-state index is 11.6. The molecule has 7 nitrogen and oxygen atoms in total. The second-order valence-corrected chi connectivity index (χ2v) is 9.91. The molecule has 2 aliphatic heterocycles. The molecule has 8 heteroatoms. The van der Waals surface area contributed by atoms with E-state index in [0.717, 1.165) is 56.8 Å². The van der Waals surface area contributed by atoms with Gasteiger partial charge in [0.2, 0.25) is 0 Å². The highest BCUT2D eigenvalue weighted by molar-refractivity contribution is 7.99. The Kier molecular flexibility index (Phi) is 8.36. The van der Waals surface area contributed by atoms with E-state index >= 15 is 0 Å². The number of fused-ring (bicyclic) bond motifs is 1. The fourth-order valence-corrected chi connectivity index (χ4v) is 4.44. The molecule has 0 radical (unpaired) electrons. The molecule has 1 fully saturated rings. The van der Waals surface area contributed by atoms with Crippen molar-refractivity contribution in [1.29, 1.82) is 0 Å². The van der Waals surface area contributed by atoms with E-state index in [1.165, 1.54) is 5.56 Å². The molecule has 3 rings (SSSR count). The lowest BCUT2D eigenvalue weighted by Gasteiger charge is -2.44. The van der Waals surface area contributed by atoms with E-state index in [0.29, 0.717) is 19.8 Å². The van der Waals surface area contributed by atoms with Gasteiger partial charge in [0.15, 0.2) is 0 Å². The molecule has 0 unspecified atom stereocenters. The average Bonchev–Trinajstić information content (AvgIpc) is 2.71. The Balaban J connectivity index is 1.32. The minimum Gasteiger partial charge on any atom is -0.487 e. The van der Waals surface area contributed by atoms with Crippen LogP contribution in [-0.4, -0.2) is 67.8 Å². The lowest BCUT2D eigenvalue weighted by Crippen LogP contribution is -2.50. The second kappa shape index (κ2) is 10.8. The summed E-state index contributed by atoms with van der Waals surface area (Å²) in [5.74, 6) is 1.05. The van der Waals surface area contributed by atoms with Gasteiger partial charge in [0.1, 0.15) is 17.0 Å². The van der Waals surface area contributed by atoms with E-state index < -0.39 is 11.7 Å². The Morgan fingerprint density at radius 3 is 2.71 bits per heavy atom. The van der Waals surface area contributed by atoms with Crippen molar-refractivity contribution in [3.05, 3.63) is 23.8 Å². The number of aryl methyl sites for hydroxylation is 1. The van der Waals surface area contributed by atoms with E-state index in [1.807, 2.05) is 27.0 Å². The largest absolute Gasteiger partial charge is 0.487 e. The number of hydrogen-bond donors (Lipinski definition) is 2. The summed E-state index contributed by atoms with van der Waals surface area (Å²) >= 11 is 1.61. The molecule has 0 aliphatic carbocycles. The van der Waals surface area contributed by atoms with E-state index in [9.17, 15) is 4.79 Å². The molecule has 0 atom stereocenters. The molecule has 1 aromatic rings. The molecule has 2 heterocycles.